The summed E-state index contributed by atoms with van der Waals surface area (Å²) in [5, 5.41) is 28.0. The Labute approximate surface area is 176 Å². The molecule has 14 heteroatoms. The van der Waals surface area contributed by atoms with Gasteiger partial charge in [0.05, 0.1) is 18.3 Å². The van der Waals surface area contributed by atoms with Crippen LogP contribution in [-0.4, -0.2) is 51.3 Å². The molecule has 4 aromatic rings. The van der Waals surface area contributed by atoms with Crippen LogP contribution in [0.25, 0.3) is 22.6 Å². The first-order valence-electron chi connectivity index (χ1n) is 8.89. The number of aromatic nitrogens is 8. The molecule has 0 atom stereocenters. The van der Waals surface area contributed by atoms with Crippen molar-refractivity contribution in [3.05, 3.63) is 59.8 Å². The van der Waals surface area contributed by atoms with Crippen molar-refractivity contribution < 1.29 is 27.5 Å². The van der Waals surface area contributed by atoms with E-state index >= 15 is 0 Å². The van der Waals surface area contributed by atoms with Gasteiger partial charge in [-0.1, -0.05) is 5.21 Å². The molecule has 0 aliphatic carbocycles. The quantitative estimate of drug-likeness (QED) is 0.446. The Bertz CT molecular complexity index is 1280. The van der Waals surface area contributed by atoms with Crippen LogP contribution in [0.1, 0.15) is 11.1 Å². The third-order valence-electron chi connectivity index (χ3n) is 4.19. The van der Waals surface area contributed by atoms with E-state index in [4.69, 9.17) is 5.11 Å². The molecule has 4 rings (SSSR count). The van der Waals surface area contributed by atoms with E-state index in [1.807, 2.05) is 0 Å². The number of hydrogen-bond donors (Lipinski definition) is 1. The molecule has 0 radical (unpaired) electrons. The Balaban J connectivity index is 1.56. The van der Waals surface area contributed by atoms with E-state index in [9.17, 15) is 22.4 Å². The first-order chi connectivity index (χ1) is 15.2. The molecule has 1 aromatic carbocycles. The highest BCUT2D eigenvalue weighted by atomic mass is 19.4. The number of nitrogens with zero attached hydrogens (tertiary/aromatic N) is 8. The highest BCUT2D eigenvalue weighted by Gasteiger charge is 2.31. The lowest BCUT2D eigenvalue weighted by atomic mass is 10.1. The predicted octanol–water partition coefficient (Wildman–Crippen LogP) is 2.28. The van der Waals surface area contributed by atoms with E-state index in [1.165, 1.54) is 23.3 Å². The summed E-state index contributed by atoms with van der Waals surface area (Å²) in [4.78, 5) is 15.7. The molecule has 0 unspecified atom stereocenters. The molecule has 32 heavy (non-hydrogen) atoms. The van der Waals surface area contributed by atoms with Crippen LogP contribution in [-0.2, 0) is 24.1 Å². The molecule has 0 bridgehead atoms. The minimum Gasteiger partial charge on any atom is -0.480 e. The first-order valence-corrected chi connectivity index (χ1v) is 8.89. The molecule has 0 spiro atoms. The van der Waals surface area contributed by atoms with Crippen LogP contribution < -0.4 is 0 Å². The monoisotopic (exact) mass is 448 g/mol. The third-order valence-corrected chi connectivity index (χ3v) is 4.19. The highest BCUT2D eigenvalue weighted by molar-refractivity contribution is 5.67. The molecule has 0 fully saturated rings. The van der Waals surface area contributed by atoms with Crippen LogP contribution in [0.15, 0.2) is 42.9 Å². The Morgan fingerprint density at radius 3 is 2.56 bits per heavy atom. The van der Waals surface area contributed by atoms with Crippen molar-refractivity contribution in [2.75, 3.05) is 0 Å². The van der Waals surface area contributed by atoms with Gasteiger partial charge >= 0.3 is 12.1 Å². The van der Waals surface area contributed by atoms with Crippen molar-refractivity contribution in [3.8, 4) is 22.6 Å². The van der Waals surface area contributed by atoms with Gasteiger partial charge in [-0.2, -0.15) is 18.0 Å². The van der Waals surface area contributed by atoms with Crippen LogP contribution >= 0.6 is 0 Å². The number of benzene rings is 1. The van der Waals surface area contributed by atoms with Gasteiger partial charge in [-0.15, -0.1) is 15.3 Å². The summed E-state index contributed by atoms with van der Waals surface area (Å²) in [6.07, 6.45) is -0.282. The van der Waals surface area contributed by atoms with Crippen LogP contribution in [0.4, 0.5) is 17.6 Å². The van der Waals surface area contributed by atoms with Crippen molar-refractivity contribution >= 4 is 5.97 Å². The van der Waals surface area contributed by atoms with Crippen LogP contribution in [0, 0.1) is 5.82 Å². The number of carbonyl (C=O) groups is 1. The maximum atomic E-state index is 13.6. The highest BCUT2D eigenvalue weighted by Crippen LogP contribution is 2.30. The lowest BCUT2D eigenvalue weighted by molar-refractivity contribution is -0.138. The van der Waals surface area contributed by atoms with E-state index in [-0.39, 0.29) is 17.9 Å². The van der Waals surface area contributed by atoms with Crippen molar-refractivity contribution in [1.29, 1.82) is 0 Å². The SMILES string of the molecule is O=C(O)Cn1nnc(-c2cncc(-c3cn(Cc4cc(F)cc(C(F)(F)F)c4)nn3)c2)n1. The molecule has 0 amide bonds. The number of halogens is 4. The fourth-order valence-corrected chi connectivity index (χ4v) is 2.85. The molecule has 1 N–H and O–H groups in total. The zero-order chi connectivity index (χ0) is 22.9. The van der Waals surface area contributed by atoms with Gasteiger partial charge in [-0.05, 0) is 35.0 Å². The van der Waals surface area contributed by atoms with Gasteiger partial charge in [0.15, 0.2) is 6.54 Å². The van der Waals surface area contributed by atoms with Gasteiger partial charge in [0, 0.05) is 23.5 Å². The fourth-order valence-electron chi connectivity index (χ4n) is 2.85. The number of aliphatic carboxylic acids is 1. The smallest absolute Gasteiger partial charge is 0.416 e. The summed E-state index contributed by atoms with van der Waals surface area (Å²) < 4.78 is 53.6. The van der Waals surface area contributed by atoms with E-state index in [0.29, 0.717) is 22.9 Å². The summed E-state index contributed by atoms with van der Waals surface area (Å²) >= 11 is 0. The van der Waals surface area contributed by atoms with Gasteiger partial charge in [0.2, 0.25) is 5.82 Å². The van der Waals surface area contributed by atoms with Crippen LogP contribution in [0.2, 0.25) is 0 Å². The zero-order valence-corrected chi connectivity index (χ0v) is 15.9. The molecular weight excluding hydrogens is 436 g/mol. The molecule has 10 nitrogen and oxygen atoms in total. The lowest BCUT2D eigenvalue weighted by Gasteiger charge is -2.09. The number of hydrogen-bond acceptors (Lipinski definition) is 7. The van der Waals surface area contributed by atoms with E-state index in [0.717, 1.165) is 16.9 Å². The number of carboxylic acids is 1. The van der Waals surface area contributed by atoms with Gasteiger partial charge < -0.3 is 5.11 Å². The van der Waals surface area contributed by atoms with Gasteiger partial charge in [-0.25, -0.2) is 9.07 Å². The number of alkyl halides is 3. The van der Waals surface area contributed by atoms with Crippen LogP contribution in [0.3, 0.4) is 0 Å². The second-order valence-corrected chi connectivity index (χ2v) is 6.65. The summed E-state index contributed by atoms with van der Waals surface area (Å²) in [6, 6.07) is 3.88. The minimum absolute atomic E-state index is 0.0693. The lowest BCUT2D eigenvalue weighted by Crippen LogP contribution is -2.11. The number of pyridine rings is 1. The largest absolute Gasteiger partial charge is 0.480 e. The molecule has 0 aliphatic rings. The van der Waals surface area contributed by atoms with E-state index < -0.39 is 30.1 Å². The van der Waals surface area contributed by atoms with Crippen molar-refractivity contribution in [2.24, 2.45) is 0 Å². The van der Waals surface area contributed by atoms with Crippen molar-refractivity contribution in [1.82, 2.24) is 40.2 Å². The maximum absolute atomic E-state index is 13.6. The summed E-state index contributed by atoms with van der Waals surface area (Å²) in [6.45, 7) is -0.587. The molecule has 0 saturated carbocycles. The summed E-state index contributed by atoms with van der Waals surface area (Å²) in [5.74, 6) is -1.99. The fraction of sp³-hybridized carbons (Fsp3) is 0.167. The zero-order valence-electron chi connectivity index (χ0n) is 15.9. The molecule has 0 saturated heterocycles. The van der Waals surface area contributed by atoms with E-state index in [2.05, 4.69) is 30.7 Å². The topological polar surface area (TPSA) is 124 Å². The van der Waals surface area contributed by atoms with Crippen molar-refractivity contribution in [2.45, 2.75) is 19.3 Å². The van der Waals surface area contributed by atoms with Crippen LogP contribution in [0.5, 0.6) is 0 Å². The molecular formula is C18H12F4N8O2. The van der Waals surface area contributed by atoms with Gasteiger partial charge in [-0.3, -0.25) is 9.78 Å². The third kappa shape index (κ3) is 4.74. The average Bonchev–Trinajstić information content (AvgIpc) is 3.36. The number of carboxylic acid groups (broad SMARTS) is 1. The molecule has 3 aromatic heterocycles. The number of tetrazole rings is 1. The summed E-state index contributed by atoms with van der Waals surface area (Å²) in [5.41, 5.74) is 0.269. The minimum atomic E-state index is -4.67. The average molecular weight is 448 g/mol. The number of rotatable bonds is 6. The second kappa shape index (κ2) is 8.13. The standard InChI is InChI=1S/C18H12F4N8O2/c19-14-2-10(1-13(4-14)18(20,21)22)7-29-8-15(24-27-29)11-3-12(6-23-5-11)17-25-28-30(26-17)9-16(31)32/h1-6,8H,7,9H2,(H,31,32). The first kappa shape index (κ1) is 21.0. The van der Waals surface area contributed by atoms with E-state index in [1.54, 1.807) is 6.07 Å². The predicted molar refractivity (Wildman–Crippen MR) is 98.2 cm³/mol. The molecule has 0 aliphatic heterocycles. The Morgan fingerprint density at radius 1 is 1.03 bits per heavy atom. The second-order valence-electron chi connectivity index (χ2n) is 6.65. The Hall–Kier alpha value is -4.23. The Morgan fingerprint density at radius 2 is 1.81 bits per heavy atom. The van der Waals surface area contributed by atoms with Gasteiger partial charge in [0.25, 0.3) is 0 Å². The normalized spacial score (nSPS) is 11.6. The molecule has 164 valence electrons. The van der Waals surface area contributed by atoms with Crippen molar-refractivity contribution in [3.63, 3.8) is 0 Å². The Kier molecular flexibility index (Phi) is 5.34. The summed E-state index contributed by atoms with van der Waals surface area (Å²) in [7, 11) is 0. The maximum Gasteiger partial charge on any atom is 0.416 e. The molecule has 3 heterocycles. The van der Waals surface area contributed by atoms with Gasteiger partial charge in [0.1, 0.15) is 11.5 Å².